The van der Waals surface area contributed by atoms with E-state index in [-0.39, 0.29) is 37.1 Å². The molecule has 7 nitrogen and oxygen atoms in total. The molecule has 0 radical (unpaired) electrons. The van der Waals surface area contributed by atoms with E-state index >= 15 is 0 Å². The van der Waals surface area contributed by atoms with Gasteiger partial charge in [0.25, 0.3) is 0 Å². The van der Waals surface area contributed by atoms with Crippen molar-refractivity contribution in [3.05, 3.63) is 35.5 Å². The smallest absolute Gasteiger partial charge is 0.340 e. The molecule has 0 aliphatic rings. The molecule has 0 bridgehead atoms. The fourth-order valence-corrected chi connectivity index (χ4v) is 4.69. The van der Waals surface area contributed by atoms with Gasteiger partial charge < -0.3 is 24.3 Å². The van der Waals surface area contributed by atoms with E-state index in [0.717, 1.165) is 36.7 Å². The van der Waals surface area contributed by atoms with Gasteiger partial charge in [0.2, 0.25) is 5.91 Å². The first-order chi connectivity index (χ1) is 15.5. The third-order valence-corrected chi connectivity index (χ3v) is 7.11. The SMILES string of the molecule is C=C(/C=C(\C)C/C(C)=C/C[C@H](O)[C@@H](C)C=O)CC[C@H](C)CNC(=O)CP(=O)(OCC)OCC. The molecule has 0 aliphatic carbocycles. The van der Waals surface area contributed by atoms with Gasteiger partial charge in [-0.15, -0.1) is 0 Å². The molecular formula is C25H44NO6P. The molecule has 0 aromatic rings. The molecule has 0 aliphatic heterocycles. The van der Waals surface area contributed by atoms with Crippen LogP contribution in [0, 0.1) is 11.8 Å². The molecule has 33 heavy (non-hydrogen) atoms. The molecule has 0 fully saturated rings. The lowest BCUT2D eigenvalue weighted by atomic mass is 9.98. The first kappa shape index (κ1) is 31.5. The third kappa shape index (κ3) is 15.1. The van der Waals surface area contributed by atoms with Crippen LogP contribution in [0.5, 0.6) is 0 Å². The highest BCUT2D eigenvalue weighted by atomic mass is 31.2. The van der Waals surface area contributed by atoms with Crippen molar-refractivity contribution in [2.75, 3.05) is 25.9 Å². The van der Waals surface area contributed by atoms with E-state index in [1.165, 1.54) is 5.57 Å². The molecule has 2 N–H and O–H groups in total. The number of carbonyl (C=O) groups excluding carboxylic acids is 2. The van der Waals surface area contributed by atoms with Gasteiger partial charge in [0.15, 0.2) is 0 Å². The van der Waals surface area contributed by atoms with Gasteiger partial charge in [-0.1, -0.05) is 49.3 Å². The van der Waals surface area contributed by atoms with Crippen molar-refractivity contribution in [2.24, 2.45) is 11.8 Å². The minimum atomic E-state index is -3.38. The van der Waals surface area contributed by atoms with Gasteiger partial charge in [0.1, 0.15) is 12.4 Å². The van der Waals surface area contributed by atoms with Gasteiger partial charge in [-0.05, 0) is 59.3 Å². The Labute approximate surface area is 200 Å². The second-order valence-electron chi connectivity index (χ2n) is 8.73. The number of hydrogen-bond acceptors (Lipinski definition) is 6. The zero-order valence-electron chi connectivity index (χ0n) is 21.3. The molecule has 0 saturated heterocycles. The number of aliphatic hydroxyl groups excluding tert-OH is 1. The van der Waals surface area contributed by atoms with Crippen LogP contribution in [0.3, 0.4) is 0 Å². The summed E-state index contributed by atoms with van der Waals surface area (Å²) in [5.41, 5.74) is 3.33. The van der Waals surface area contributed by atoms with Gasteiger partial charge in [0.05, 0.1) is 19.3 Å². The maximum Gasteiger partial charge on any atom is 0.340 e. The largest absolute Gasteiger partial charge is 0.392 e. The summed E-state index contributed by atoms with van der Waals surface area (Å²) < 4.78 is 22.7. The van der Waals surface area contributed by atoms with E-state index in [0.29, 0.717) is 13.0 Å². The van der Waals surface area contributed by atoms with Crippen LogP contribution in [0.4, 0.5) is 0 Å². The molecule has 8 heteroatoms. The number of amides is 1. The lowest BCUT2D eigenvalue weighted by Gasteiger charge is -2.18. The van der Waals surface area contributed by atoms with Gasteiger partial charge in [-0.25, -0.2) is 0 Å². The Morgan fingerprint density at radius 1 is 1.15 bits per heavy atom. The van der Waals surface area contributed by atoms with E-state index in [4.69, 9.17) is 9.05 Å². The average Bonchev–Trinajstić information content (AvgIpc) is 2.73. The van der Waals surface area contributed by atoms with Crippen molar-refractivity contribution >= 4 is 19.8 Å². The van der Waals surface area contributed by atoms with Gasteiger partial charge in [-0.3, -0.25) is 9.36 Å². The van der Waals surface area contributed by atoms with Crippen LogP contribution in [0.25, 0.3) is 0 Å². The first-order valence-electron chi connectivity index (χ1n) is 11.7. The number of carbonyl (C=O) groups is 2. The Morgan fingerprint density at radius 2 is 1.76 bits per heavy atom. The number of nitrogens with one attached hydrogen (secondary N) is 1. The number of allylic oxidation sites excluding steroid dienone is 4. The minimum Gasteiger partial charge on any atom is -0.392 e. The lowest BCUT2D eigenvalue weighted by molar-refractivity contribution is -0.119. The average molecular weight is 486 g/mol. The number of rotatable bonds is 18. The minimum absolute atomic E-state index is 0.229. The Kier molecular flexibility index (Phi) is 16.2. The van der Waals surface area contributed by atoms with Crippen molar-refractivity contribution in [1.82, 2.24) is 5.32 Å². The van der Waals surface area contributed by atoms with E-state index in [1.807, 2.05) is 26.8 Å². The fraction of sp³-hybridized carbons (Fsp3) is 0.680. The Morgan fingerprint density at radius 3 is 2.30 bits per heavy atom. The first-order valence-corrected chi connectivity index (χ1v) is 13.5. The standard InChI is InChI=1S/C25H44NO6P/c1-8-31-33(30,32-9-2)18-25(29)26-16-21(5)11-10-19(3)14-22(6)15-20(4)12-13-24(28)23(7)17-27/h12,14,17,21,23-24,28H,3,8-11,13,15-16,18H2,1-2,4-7H3,(H,26,29)/b20-12+,22-14+/t21-,23-,24-/m0/s1. The van der Waals surface area contributed by atoms with E-state index in [2.05, 4.69) is 18.0 Å². The van der Waals surface area contributed by atoms with Crippen LogP contribution in [-0.4, -0.2) is 49.3 Å². The maximum absolute atomic E-state index is 12.4. The molecule has 0 unspecified atom stereocenters. The van der Waals surface area contributed by atoms with Crippen LogP contribution in [0.15, 0.2) is 35.5 Å². The zero-order valence-corrected chi connectivity index (χ0v) is 22.2. The van der Waals surface area contributed by atoms with Gasteiger partial charge in [0, 0.05) is 12.5 Å². The Hall–Kier alpha value is -1.53. The maximum atomic E-state index is 12.4. The van der Waals surface area contributed by atoms with Crippen LogP contribution in [0.2, 0.25) is 0 Å². The zero-order chi connectivity index (χ0) is 25.4. The predicted molar refractivity (Wildman–Crippen MR) is 134 cm³/mol. The molecule has 0 aromatic heterocycles. The Balaban J connectivity index is 4.43. The molecule has 0 rings (SSSR count). The fourth-order valence-electron chi connectivity index (χ4n) is 3.19. The highest BCUT2D eigenvalue weighted by molar-refractivity contribution is 7.54. The summed E-state index contributed by atoms with van der Waals surface area (Å²) in [7, 11) is -3.38. The second-order valence-corrected chi connectivity index (χ2v) is 10.8. The summed E-state index contributed by atoms with van der Waals surface area (Å²) in [5.74, 6) is -0.464. The molecule has 0 spiro atoms. The van der Waals surface area contributed by atoms with E-state index < -0.39 is 13.7 Å². The van der Waals surface area contributed by atoms with Gasteiger partial charge in [-0.2, -0.15) is 0 Å². The summed E-state index contributed by atoms with van der Waals surface area (Å²) in [6.45, 7) is 16.3. The van der Waals surface area contributed by atoms with Crippen molar-refractivity contribution in [1.29, 1.82) is 0 Å². The van der Waals surface area contributed by atoms with Crippen LogP contribution in [0.1, 0.15) is 67.2 Å². The van der Waals surface area contributed by atoms with Crippen LogP contribution < -0.4 is 5.32 Å². The Bertz CT molecular complexity index is 720. The quantitative estimate of drug-likeness (QED) is 0.120. The lowest BCUT2D eigenvalue weighted by Crippen LogP contribution is -2.31. The molecule has 3 atom stereocenters. The molecule has 190 valence electrons. The number of aliphatic hydroxyl groups is 1. The third-order valence-electron chi connectivity index (χ3n) is 5.13. The van der Waals surface area contributed by atoms with Gasteiger partial charge >= 0.3 is 7.60 Å². The molecule has 0 saturated carbocycles. The summed E-state index contributed by atoms with van der Waals surface area (Å²) >= 11 is 0. The predicted octanol–water partition coefficient (Wildman–Crippen LogP) is 5.21. The van der Waals surface area contributed by atoms with E-state index in [1.54, 1.807) is 20.8 Å². The number of aldehydes is 1. The van der Waals surface area contributed by atoms with Crippen LogP contribution in [-0.2, 0) is 23.2 Å². The molecular weight excluding hydrogens is 441 g/mol. The highest BCUT2D eigenvalue weighted by Crippen LogP contribution is 2.47. The summed E-state index contributed by atoms with van der Waals surface area (Å²) in [4.78, 5) is 22.9. The van der Waals surface area contributed by atoms with Crippen molar-refractivity contribution in [2.45, 2.75) is 73.3 Å². The monoisotopic (exact) mass is 485 g/mol. The molecule has 0 heterocycles. The van der Waals surface area contributed by atoms with Crippen molar-refractivity contribution in [3.8, 4) is 0 Å². The summed E-state index contributed by atoms with van der Waals surface area (Å²) in [6, 6.07) is 0. The normalized spacial score (nSPS) is 15.6. The van der Waals surface area contributed by atoms with Crippen molar-refractivity contribution < 1.29 is 28.3 Å². The molecule has 1 amide bonds. The highest BCUT2D eigenvalue weighted by Gasteiger charge is 2.27. The topological polar surface area (TPSA) is 102 Å². The summed E-state index contributed by atoms with van der Waals surface area (Å²) in [5, 5.41) is 12.7. The van der Waals surface area contributed by atoms with Crippen molar-refractivity contribution in [3.63, 3.8) is 0 Å². The van der Waals surface area contributed by atoms with Crippen LogP contribution >= 0.6 is 7.60 Å². The number of hydrogen-bond donors (Lipinski definition) is 2. The second kappa shape index (κ2) is 17.0. The summed E-state index contributed by atoms with van der Waals surface area (Å²) in [6.07, 6.45) is 6.83. The van der Waals surface area contributed by atoms with E-state index in [9.17, 15) is 19.3 Å². The molecule has 0 aromatic carbocycles.